The zero-order valence-electron chi connectivity index (χ0n) is 18.2. The molecule has 4 amide bonds. The lowest BCUT2D eigenvalue weighted by Gasteiger charge is -2.25. The molecule has 15 heteroatoms. The summed E-state index contributed by atoms with van der Waals surface area (Å²) in [6.07, 6.45) is -2.04. The summed E-state index contributed by atoms with van der Waals surface area (Å²) >= 11 is 0. The number of rotatable bonds is 16. The second-order valence-corrected chi connectivity index (χ2v) is 7.34. The second-order valence-electron chi connectivity index (χ2n) is 7.34. The highest BCUT2D eigenvalue weighted by atomic mass is 16.4. The molecule has 33 heavy (non-hydrogen) atoms. The highest BCUT2D eigenvalue weighted by molar-refractivity contribution is 5.96. The Balaban J connectivity index is 5.56. The first-order valence-electron chi connectivity index (χ1n) is 10.1. The van der Waals surface area contributed by atoms with Crippen LogP contribution in [0.1, 0.15) is 39.0 Å². The van der Waals surface area contributed by atoms with Gasteiger partial charge in [-0.25, -0.2) is 4.79 Å². The van der Waals surface area contributed by atoms with Crippen LogP contribution < -0.4 is 33.2 Å². The predicted molar refractivity (Wildman–Crippen MR) is 112 cm³/mol. The van der Waals surface area contributed by atoms with E-state index in [0.717, 1.165) is 0 Å². The molecule has 0 aliphatic carbocycles. The van der Waals surface area contributed by atoms with Crippen molar-refractivity contribution in [3.8, 4) is 0 Å². The molecule has 0 aliphatic rings. The van der Waals surface area contributed by atoms with Crippen LogP contribution >= 0.6 is 0 Å². The Hall–Kier alpha value is -3.30. The van der Waals surface area contributed by atoms with E-state index in [-0.39, 0.29) is 13.0 Å². The van der Waals surface area contributed by atoms with E-state index in [1.165, 1.54) is 6.92 Å². The third-order valence-corrected chi connectivity index (χ3v) is 4.43. The molecule has 5 atom stereocenters. The molecule has 5 unspecified atom stereocenters. The number of carboxylic acid groups (broad SMARTS) is 2. The van der Waals surface area contributed by atoms with Crippen LogP contribution in [-0.2, 0) is 28.8 Å². The van der Waals surface area contributed by atoms with Crippen molar-refractivity contribution in [2.24, 2.45) is 17.2 Å². The van der Waals surface area contributed by atoms with E-state index in [1.807, 2.05) is 0 Å². The SMILES string of the molecule is CC(O)C(N)C(=O)NC(CC(=O)O)C(=O)NC(CCCCN)C(=O)NC(CC(N)=O)C(=O)O. The first-order valence-corrected chi connectivity index (χ1v) is 10.1. The van der Waals surface area contributed by atoms with Gasteiger partial charge in [-0.3, -0.25) is 24.0 Å². The molecule has 0 heterocycles. The van der Waals surface area contributed by atoms with Gasteiger partial charge < -0.3 is 48.5 Å². The van der Waals surface area contributed by atoms with E-state index in [1.54, 1.807) is 0 Å². The monoisotopic (exact) mass is 476 g/mol. The van der Waals surface area contributed by atoms with Gasteiger partial charge in [0, 0.05) is 0 Å². The largest absolute Gasteiger partial charge is 0.481 e. The standard InChI is InChI=1S/C18H32N6O9/c1-8(25)14(21)17(31)23-10(7-13(27)28)16(30)22-9(4-2-3-5-19)15(29)24-11(18(32)33)6-12(20)26/h8-11,14,25H,2-7,19,21H2,1H3,(H2,20,26)(H,22,30)(H,23,31)(H,24,29)(H,27,28)(H,32,33). The molecular formula is C18H32N6O9. The highest BCUT2D eigenvalue weighted by Gasteiger charge is 2.32. The normalized spacial score (nSPS) is 15.3. The number of aliphatic hydroxyl groups excluding tert-OH is 1. The molecule has 0 bridgehead atoms. The lowest BCUT2D eigenvalue weighted by molar-refractivity contribution is -0.144. The average Bonchev–Trinajstić information content (AvgIpc) is 2.70. The number of carboxylic acids is 2. The van der Waals surface area contributed by atoms with Crippen LogP contribution in [0.4, 0.5) is 0 Å². The summed E-state index contributed by atoms with van der Waals surface area (Å²) in [5, 5.41) is 34.1. The second kappa shape index (κ2) is 14.7. The lowest BCUT2D eigenvalue weighted by Crippen LogP contribution is -2.58. The van der Waals surface area contributed by atoms with E-state index >= 15 is 0 Å². The molecule has 0 aromatic heterocycles. The Morgan fingerprint density at radius 2 is 1.33 bits per heavy atom. The molecule has 15 nitrogen and oxygen atoms in total. The van der Waals surface area contributed by atoms with Gasteiger partial charge in [-0.1, -0.05) is 0 Å². The Kier molecular flexibility index (Phi) is 13.2. The van der Waals surface area contributed by atoms with Gasteiger partial charge in [0.15, 0.2) is 0 Å². The van der Waals surface area contributed by atoms with Crippen molar-refractivity contribution in [1.29, 1.82) is 0 Å². The minimum absolute atomic E-state index is 0.00138. The minimum atomic E-state index is -1.65. The maximum Gasteiger partial charge on any atom is 0.326 e. The van der Waals surface area contributed by atoms with Crippen molar-refractivity contribution < 1.29 is 44.1 Å². The van der Waals surface area contributed by atoms with Crippen molar-refractivity contribution in [1.82, 2.24) is 16.0 Å². The van der Waals surface area contributed by atoms with Crippen LogP contribution in [0.25, 0.3) is 0 Å². The number of aliphatic carboxylic acids is 2. The van der Waals surface area contributed by atoms with Crippen molar-refractivity contribution >= 4 is 35.6 Å². The molecule has 0 aliphatic heterocycles. The van der Waals surface area contributed by atoms with E-state index in [2.05, 4.69) is 16.0 Å². The minimum Gasteiger partial charge on any atom is -0.481 e. The molecule has 0 radical (unpaired) electrons. The molecular weight excluding hydrogens is 444 g/mol. The lowest BCUT2D eigenvalue weighted by atomic mass is 10.1. The van der Waals surface area contributed by atoms with E-state index in [9.17, 15) is 33.9 Å². The number of nitrogens with one attached hydrogen (secondary N) is 3. The first kappa shape index (κ1) is 29.7. The Morgan fingerprint density at radius 1 is 0.818 bits per heavy atom. The number of primary amides is 1. The summed E-state index contributed by atoms with van der Waals surface area (Å²) in [4.78, 5) is 70.8. The predicted octanol–water partition coefficient (Wildman–Crippen LogP) is -4.29. The van der Waals surface area contributed by atoms with Gasteiger partial charge in [0.1, 0.15) is 24.2 Å². The number of unbranched alkanes of at least 4 members (excludes halogenated alkanes) is 1. The topological polar surface area (TPSA) is 277 Å². The molecule has 0 fully saturated rings. The molecule has 0 aromatic rings. The number of carbonyl (C=O) groups excluding carboxylic acids is 4. The highest BCUT2D eigenvalue weighted by Crippen LogP contribution is 2.05. The summed E-state index contributed by atoms with van der Waals surface area (Å²) in [7, 11) is 0. The van der Waals surface area contributed by atoms with Crippen LogP contribution in [0.15, 0.2) is 0 Å². The van der Waals surface area contributed by atoms with Crippen molar-refractivity contribution in [2.75, 3.05) is 6.54 Å². The molecule has 0 rings (SSSR count). The van der Waals surface area contributed by atoms with Gasteiger partial charge in [0.25, 0.3) is 0 Å². The Bertz CT molecular complexity index is 730. The summed E-state index contributed by atoms with van der Waals surface area (Å²) in [5.74, 6) is -6.98. The number of aliphatic hydroxyl groups is 1. The van der Waals surface area contributed by atoms with Crippen molar-refractivity contribution in [3.63, 3.8) is 0 Å². The van der Waals surface area contributed by atoms with E-state index in [4.69, 9.17) is 27.4 Å². The fourth-order valence-corrected chi connectivity index (χ4v) is 2.58. The quantitative estimate of drug-likeness (QED) is 0.0960. The van der Waals surface area contributed by atoms with Gasteiger partial charge in [-0.05, 0) is 32.7 Å². The fourth-order valence-electron chi connectivity index (χ4n) is 2.58. The summed E-state index contributed by atoms with van der Waals surface area (Å²) in [6, 6.07) is -6.08. The number of hydrogen-bond donors (Lipinski definition) is 9. The first-order chi connectivity index (χ1) is 15.3. The zero-order chi connectivity index (χ0) is 25.7. The summed E-state index contributed by atoms with van der Waals surface area (Å²) in [6.45, 7) is 1.50. The van der Waals surface area contributed by atoms with Crippen LogP contribution in [0.2, 0.25) is 0 Å². The summed E-state index contributed by atoms with van der Waals surface area (Å²) < 4.78 is 0. The van der Waals surface area contributed by atoms with Crippen molar-refractivity contribution in [2.45, 2.75) is 69.3 Å². The van der Waals surface area contributed by atoms with Crippen LogP contribution in [0.3, 0.4) is 0 Å². The van der Waals surface area contributed by atoms with Gasteiger partial charge in [0.2, 0.25) is 23.6 Å². The van der Waals surface area contributed by atoms with Gasteiger partial charge >= 0.3 is 11.9 Å². The maximum absolute atomic E-state index is 12.7. The zero-order valence-corrected chi connectivity index (χ0v) is 18.2. The Labute approximate surface area is 189 Å². The fraction of sp³-hybridized carbons (Fsp3) is 0.667. The molecule has 0 aromatic carbocycles. The van der Waals surface area contributed by atoms with Gasteiger partial charge in [0.05, 0.1) is 18.9 Å². The molecule has 0 spiro atoms. The molecule has 12 N–H and O–H groups in total. The molecule has 188 valence electrons. The average molecular weight is 476 g/mol. The number of hydrogen-bond acceptors (Lipinski definition) is 9. The summed E-state index contributed by atoms with van der Waals surface area (Å²) in [5.41, 5.74) is 15.9. The smallest absolute Gasteiger partial charge is 0.326 e. The maximum atomic E-state index is 12.7. The number of amides is 4. The molecule has 0 saturated carbocycles. The number of carbonyl (C=O) groups is 6. The van der Waals surface area contributed by atoms with Gasteiger partial charge in [-0.15, -0.1) is 0 Å². The Morgan fingerprint density at radius 3 is 1.79 bits per heavy atom. The third-order valence-electron chi connectivity index (χ3n) is 4.43. The van der Waals surface area contributed by atoms with Crippen LogP contribution in [0, 0.1) is 0 Å². The van der Waals surface area contributed by atoms with E-state index in [0.29, 0.717) is 12.8 Å². The molecule has 0 saturated heterocycles. The van der Waals surface area contributed by atoms with E-state index < -0.39 is 78.7 Å². The van der Waals surface area contributed by atoms with Crippen LogP contribution in [0.5, 0.6) is 0 Å². The number of nitrogens with two attached hydrogens (primary N) is 3. The van der Waals surface area contributed by atoms with Gasteiger partial charge in [-0.2, -0.15) is 0 Å². The third kappa shape index (κ3) is 11.8. The van der Waals surface area contributed by atoms with Crippen LogP contribution in [-0.4, -0.2) is 87.7 Å². The van der Waals surface area contributed by atoms with Crippen molar-refractivity contribution in [3.05, 3.63) is 0 Å².